The molecule has 11 nitrogen and oxygen atoms in total. The molecule has 0 saturated heterocycles. The van der Waals surface area contributed by atoms with Crippen LogP contribution in [-0.4, -0.2) is 43.9 Å². The number of hydrazine groups is 1. The Kier molecular flexibility index (Phi) is 4.24. The topological polar surface area (TPSA) is 162 Å². The molecule has 2 heterocycles. The summed E-state index contributed by atoms with van der Waals surface area (Å²) in [6.45, 7) is 0.735. The normalized spacial score (nSPS) is 10.1. The number of amides is 2. The Bertz CT molecular complexity index is 568. The van der Waals surface area contributed by atoms with Crippen LogP contribution in [0.4, 0.5) is 16.7 Å². The Morgan fingerprint density at radius 1 is 1.25 bits per heavy atom. The molecule has 0 atom stereocenters. The van der Waals surface area contributed by atoms with E-state index >= 15 is 0 Å². The molecule has 11 heteroatoms. The summed E-state index contributed by atoms with van der Waals surface area (Å²) in [5.41, 5.74) is 7.29. The Morgan fingerprint density at radius 2 is 2.05 bits per heavy atom. The SMILES string of the molecule is NNc1nc(NCCNC(N)=O)nc(-n2cccn2)n1. The Morgan fingerprint density at radius 3 is 2.70 bits per heavy atom. The Balaban J connectivity index is 2.08. The lowest BCUT2D eigenvalue weighted by Gasteiger charge is -2.08. The number of nitrogens with one attached hydrogen (secondary N) is 3. The van der Waals surface area contributed by atoms with Crippen LogP contribution in [0.15, 0.2) is 18.5 Å². The molecule has 0 unspecified atom stereocenters. The number of aromatic nitrogens is 5. The zero-order chi connectivity index (χ0) is 14.4. The van der Waals surface area contributed by atoms with Gasteiger partial charge >= 0.3 is 6.03 Å². The van der Waals surface area contributed by atoms with Crippen LogP contribution in [0.1, 0.15) is 0 Å². The van der Waals surface area contributed by atoms with Crippen molar-refractivity contribution in [3.63, 3.8) is 0 Å². The molecule has 0 spiro atoms. The van der Waals surface area contributed by atoms with E-state index in [0.29, 0.717) is 25.0 Å². The summed E-state index contributed by atoms with van der Waals surface area (Å²) >= 11 is 0. The van der Waals surface area contributed by atoms with E-state index in [-0.39, 0.29) is 5.95 Å². The molecular formula is C9H14N10O. The van der Waals surface area contributed by atoms with Gasteiger partial charge in [-0.25, -0.2) is 15.3 Å². The molecule has 0 saturated carbocycles. The zero-order valence-corrected chi connectivity index (χ0v) is 10.4. The number of hydrogen-bond donors (Lipinski definition) is 5. The number of carbonyl (C=O) groups excluding carboxylic acids is 1. The van der Waals surface area contributed by atoms with Crippen LogP contribution in [0.5, 0.6) is 0 Å². The molecule has 0 fully saturated rings. The number of anilines is 2. The number of carbonyl (C=O) groups is 1. The van der Waals surface area contributed by atoms with Crippen molar-refractivity contribution < 1.29 is 4.79 Å². The number of rotatable bonds is 6. The van der Waals surface area contributed by atoms with E-state index in [1.54, 1.807) is 18.5 Å². The Labute approximate surface area is 113 Å². The summed E-state index contributed by atoms with van der Waals surface area (Å²) in [7, 11) is 0. The van der Waals surface area contributed by atoms with Crippen molar-refractivity contribution in [2.75, 3.05) is 23.8 Å². The quantitative estimate of drug-likeness (QED) is 0.240. The number of hydrogen-bond acceptors (Lipinski definition) is 8. The second-order valence-corrected chi connectivity index (χ2v) is 3.60. The minimum absolute atomic E-state index is 0.191. The molecule has 2 rings (SSSR count). The van der Waals surface area contributed by atoms with E-state index in [4.69, 9.17) is 11.6 Å². The van der Waals surface area contributed by atoms with Crippen LogP contribution in [-0.2, 0) is 0 Å². The van der Waals surface area contributed by atoms with Gasteiger partial charge in [0, 0.05) is 25.5 Å². The van der Waals surface area contributed by atoms with Crippen LogP contribution < -0.4 is 27.6 Å². The van der Waals surface area contributed by atoms with Gasteiger partial charge in [-0.15, -0.1) is 0 Å². The number of nitrogens with two attached hydrogens (primary N) is 2. The molecule has 0 aliphatic rings. The first-order chi connectivity index (χ1) is 9.69. The largest absolute Gasteiger partial charge is 0.352 e. The molecule has 0 radical (unpaired) electrons. The lowest BCUT2D eigenvalue weighted by atomic mass is 10.6. The van der Waals surface area contributed by atoms with E-state index in [0.717, 1.165) is 0 Å². The second-order valence-electron chi connectivity index (χ2n) is 3.60. The van der Waals surface area contributed by atoms with Gasteiger partial charge in [-0.05, 0) is 6.07 Å². The maximum absolute atomic E-state index is 10.5. The fourth-order valence-corrected chi connectivity index (χ4v) is 1.36. The highest BCUT2D eigenvalue weighted by Gasteiger charge is 2.07. The van der Waals surface area contributed by atoms with Gasteiger partial charge in [0.15, 0.2) is 0 Å². The van der Waals surface area contributed by atoms with Gasteiger partial charge in [0.05, 0.1) is 0 Å². The van der Waals surface area contributed by atoms with Crippen LogP contribution >= 0.6 is 0 Å². The summed E-state index contributed by atoms with van der Waals surface area (Å²) in [6.07, 6.45) is 3.29. The molecule has 106 valence electrons. The minimum atomic E-state index is -0.594. The van der Waals surface area contributed by atoms with Gasteiger partial charge in [0.25, 0.3) is 5.95 Å². The highest BCUT2D eigenvalue weighted by atomic mass is 16.2. The van der Waals surface area contributed by atoms with Crippen molar-refractivity contribution in [2.45, 2.75) is 0 Å². The summed E-state index contributed by atoms with van der Waals surface area (Å²) in [5, 5.41) is 9.36. The van der Waals surface area contributed by atoms with E-state index in [1.165, 1.54) is 4.68 Å². The fraction of sp³-hybridized carbons (Fsp3) is 0.222. The molecule has 2 aromatic heterocycles. The maximum Gasteiger partial charge on any atom is 0.312 e. The standard InChI is InChI=1S/C9H14N10O/c10-6(20)12-3-4-13-7-15-8(18-11)17-9(16-7)19-5-1-2-14-19/h1-2,5H,3-4,11H2,(H3,10,12,20)(H2,13,15,16,17,18). The number of urea groups is 1. The monoisotopic (exact) mass is 278 g/mol. The van der Waals surface area contributed by atoms with Crippen LogP contribution in [0.25, 0.3) is 5.95 Å². The first-order valence-electron chi connectivity index (χ1n) is 5.69. The smallest absolute Gasteiger partial charge is 0.312 e. The van der Waals surface area contributed by atoms with Crippen molar-refractivity contribution >= 4 is 17.9 Å². The number of nitrogens with zero attached hydrogens (tertiary/aromatic N) is 5. The molecule has 2 amide bonds. The summed E-state index contributed by atoms with van der Waals surface area (Å²) in [6, 6.07) is 1.15. The average molecular weight is 278 g/mol. The lowest BCUT2D eigenvalue weighted by molar-refractivity contribution is 0.249. The molecular weight excluding hydrogens is 264 g/mol. The van der Waals surface area contributed by atoms with Crippen molar-refractivity contribution in [1.29, 1.82) is 0 Å². The van der Waals surface area contributed by atoms with Gasteiger partial charge in [0.1, 0.15) is 0 Å². The first kappa shape index (κ1) is 13.5. The van der Waals surface area contributed by atoms with Gasteiger partial charge in [-0.2, -0.15) is 20.1 Å². The fourth-order valence-electron chi connectivity index (χ4n) is 1.36. The third-order valence-electron chi connectivity index (χ3n) is 2.17. The third kappa shape index (κ3) is 3.52. The highest BCUT2D eigenvalue weighted by molar-refractivity contribution is 5.71. The number of nitrogen functional groups attached to an aromatic ring is 1. The van der Waals surface area contributed by atoms with Crippen molar-refractivity contribution in [1.82, 2.24) is 30.0 Å². The van der Waals surface area contributed by atoms with E-state index in [1.807, 2.05) is 0 Å². The molecule has 20 heavy (non-hydrogen) atoms. The van der Waals surface area contributed by atoms with Crippen LogP contribution in [0.2, 0.25) is 0 Å². The molecule has 2 aromatic rings. The van der Waals surface area contributed by atoms with Gasteiger partial charge in [-0.1, -0.05) is 0 Å². The summed E-state index contributed by atoms with van der Waals surface area (Å²) in [4.78, 5) is 22.8. The lowest BCUT2D eigenvalue weighted by Crippen LogP contribution is -2.33. The molecule has 0 bridgehead atoms. The highest BCUT2D eigenvalue weighted by Crippen LogP contribution is 2.07. The maximum atomic E-state index is 10.5. The molecule has 0 aliphatic carbocycles. The Hall–Kier alpha value is -2.95. The van der Waals surface area contributed by atoms with Crippen molar-refractivity contribution in [2.24, 2.45) is 11.6 Å². The minimum Gasteiger partial charge on any atom is -0.352 e. The van der Waals surface area contributed by atoms with Gasteiger partial charge in [0.2, 0.25) is 11.9 Å². The van der Waals surface area contributed by atoms with Crippen molar-refractivity contribution in [3.8, 4) is 5.95 Å². The van der Waals surface area contributed by atoms with Crippen LogP contribution in [0.3, 0.4) is 0 Å². The molecule has 0 aromatic carbocycles. The second kappa shape index (κ2) is 6.29. The van der Waals surface area contributed by atoms with E-state index in [9.17, 15) is 4.79 Å². The van der Waals surface area contributed by atoms with Gasteiger partial charge in [-0.3, -0.25) is 5.43 Å². The summed E-state index contributed by atoms with van der Waals surface area (Å²) in [5.74, 6) is 6.10. The van der Waals surface area contributed by atoms with Crippen LogP contribution in [0, 0.1) is 0 Å². The zero-order valence-electron chi connectivity index (χ0n) is 10.4. The molecule has 7 N–H and O–H groups in total. The number of primary amides is 1. The average Bonchev–Trinajstić information content (AvgIpc) is 2.97. The third-order valence-corrected chi connectivity index (χ3v) is 2.17. The predicted octanol–water partition coefficient (Wildman–Crippen LogP) is -1.58. The molecule has 0 aliphatic heterocycles. The van der Waals surface area contributed by atoms with E-state index < -0.39 is 6.03 Å². The first-order valence-corrected chi connectivity index (χ1v) is 5.69. The van der Waals surface area contributed by atoms with E-state index in [2.05, 4.69) is 36.1 Å². The summed E-state index contributed by atoms with van der Waals surface area (Å²) < 4.78 is 1.47. The van der Waals surface area contributed by atoms with Crippen molar-refractivity contribution in [3.05, 3.63) is 18.5 Å². The predicted molar refractivity (Wildman–Crippen MR) is 70.8 cm³/mol. The van der Waals surface area contributed by atoms with Gasteiger partial charge < -0.3 is 16.4 Å².